The molecule has 0 aliphatic rings. The van der Waals surface area contributed by atoms with E-state index in [1.165, 1.54) is 7.11 Å². The van der Waals surface area contributed by atoms with E-state index in [4.69, 9.17) is 4.74 Å². The molecule has 0 aliphatic heterocycles. The summed E-state index contributed by atoms with van der Waals surface area (Å²) in [6, 6.07) is 2.20. The molecular formula is C14H21N3O2. The summed E-state index contributed by atoms with van der Waals surface area (Å²) >= 11 is 0. The Balaban J connectivity index is 3.26. The Morgan fingerprint density at radius 3 is 2.58 bits per heavy atom. The van der Waals surface area contributed by atoms with Crippen molar-refractivity contribution in [2.45, 2.75) is 39.7 Å². The molecule has 0 aromatic carbocycles. The van der Waals surface area contributed by atoms with Crippen molar-refractivity contribution in [2.24, 2.45) is 0 Å². The van der Waals surface area contributed by atoms with Crippen molar-refractivity contribution in [2.75, 3.05) is 19.0 Å². The minimum atomic E-state index is -0.257. The number of aromatic nitrogens is 1. The van der Waals surface area contributed by atoms with Crippen LogP contribution < -0.4 is 5.32 Å². The van der Waals surface area contributed by atoms with Gasteiger partial charge in [-0.1, -0.05) is 20.8 Å². The zero-order chi connectivity index (χ0) is 14.6. The zero-order valence-corrected chi connectivity index (χ0v) is 12.2. The molecule has 1 aromatic heterocycles. The third kappa shape index (κ3) is 3.36. The first-order valence-electron chi connectivity index (χ1n) is 6.27. The molecule has 1 N–H and O–H groups in total. The summed E-state index contributed by atoms with van der Waals surface area (Å²) in [6.45, 7) is 8.77. The maximum atomic E-state index is 11.6. The maximum absolute atomic E-state index is 11.6. The Hall–Kier alpha value is -1.80. The van der Waals surface area contributed by atoms with E-state index in [1.807, 2.05) is 38.5 Å². The molecule has 0 radical (unpaired) electrons. The van der Waals surface area contributed by atoms with Crippen LogP contribution in [0.5, 0.6) is 0 Å². The highest BCUT2D eigenvalue weighted by Gasteiger charge is 2.25. The number of anilines is 1. The van der Waals surface area contributed by atoms with Crippen molar-refractivity contribution >= 4 is 11.7 Å². The molecule has 5 nitrogen and oxygen atoms in total. The normalized spacial score (nSPS) is 11.2. The number of carbonyl (C=O) groups excluding carboxylic acids is 1. The van der Waals surface area contributed by atoms with Gasteiger partial charge in [-0.05, 0) is 17.9 Å². The lowest BCUT2D eigenvalue weighted by Gasteiger charge is -2.17. The number of nitriles is 1. The smallest absolute Gasteiger partial charge is 0.251 e. The number of carbonyl (C=O) groups is 1. The maximum Gasteiger partial charge on any atom is 0.251 e. The van der Waals surface area contributed by atoms with Gasteiger partial charge in [0.1, 0.15) is 18.5 Å². The van der Waals surface area contributed by atoms with Crippen LogP contribution in [0.3, 0.4) is 0 Å². The molecule has 0 bridgehead atoms. The predicted octanol–water partition coefficient (Wildman–Crippen LogP) is 2.26. The van der Waals surface area contributed by atoms with Gasteiger partial charge in [0.15, 0.2) is 0 Å². The second kappa shape index (κ2) is 5.89. The Morgan fingerprint density at radius 2 is 2.16 bits per heavy atom. The quantitative estimate of drug-likeness (QED) is 0.906. The molecule has 0 aliphatic carbocycles. The Kier molecular flexibility index (Phi) is 4.73. The second-order valence-electron chi connectivity index (χ2n) is 5.40. The summed E-state index contributed by atoms with van der Waals surface area (Å²) in [5.41, 5.74) is 1.31. The standard InChI is InChI=1S/C14H21N3O2/c1-6-17-8-11(14(2,3)4)10(7-15)13(17)16-12(18)9-19-5/h8H,6,9H2,1-5H3,(H,16,18). The van der Waals surface area contributed by atoms with Gasteiger partial charge >= 0.3 is 0 Å². The highest BCUT2D eigenvalue weighted by Crippen LogP contribution is 2.32. The molecule has 0 spiro atoms. The molecule has 0 unspecified atom stereocenters. The largest absolute Gasteiger partial charge is 0.375 e. The SMILES string of the molecule is CCn1cc(C(C)(C)C)c(C#N)c1NC(=O)COC. The van der Waals surface area contributed by atoms with Gasteiger partial charge in [-0.15, -0.1) is 0 Å². The van der Waals surface area contributed by atoms with E-state index >= 15 is 0 Å². The number of hydrogen-bond acceptors (Lipinski definition) is 3. The molecule has 1 aromatic rings. The average Bonchev–Trinajstić information content (AvgIpc) is 2.67. The highest BCUT2D eigenvalue weighted by molar-refractivity contribution is 5.92. The van der Waals surface area contributed by atoms with Crippen molar-refractivity contribution in [1.29, 1.82) is 5.26 Å². The van der Waals surface area contributed by atoms with Crippen LogP contribution in [-0.4, -0.2) is 24.2 Å². The fourth-order valence-electron chi connectivity index (χ4n) is 1.92. The molecule has 0 atom stereocenters. The van der Waals surface area contributed by atoms with Crippen molar-refractivity contribution in [3.8, 4) is 6.07 Å². The van der Waals surface area contributed by atoms with Gasteiger partial charge in [0.25, 0.3) is 5.91 Å². The number of amides is 1. The summed E-state index contributed by atoms with van der Waals surface area (Å²) < 4.78 is 6.67. The van der Waals surface area contributed by atoms with Gasteiger partial charge in [0.05, 0.1) is 5.56 Å². The monoisotopic (exact) mass is 263 g/mol. The summed E-state index contributed by atoms with van der Waals surface area (Å²) in [6.07, 6.45) is 1.93. The number of ether oxygens (including phenoxy) is 1. The lowest BCUT2D eigenvalue weighted by molar-refractivity contribution is -0.119. The van der Waals surface area contributed by atoms with Crippen molar-refractivity contribution < 1.29 is 9.53 Å². The number of hydrogen-bond donors (Lipinski definition) is 1. The van der Waals surface area contributed by atoms with Crippen LogP contribution in [0.2, 0.25) is 0 Å². The van der Waals surface area contributed by atoms with E-state index in [1.54, 1.807) is 0 Å². The van der Waals surface area contributed by atoms with Crippen molar-refractivity contribution in [1.82, 2.24) is 4.57 Å². The molecule has 5 heteroatoms. The molecular weight excluding hydrogens is 242 g/mol. The molecule has 19 heavy (non-hydrogen) atoms. The van der Waals surface area contributed by atoms with E-state index in [2.05, 4.69) is 11.4 Å². The number of methoxy groups -OCH3 is 1. The third-order valence-electron chi connectivity index (χ3n) is 2.87. The first-order chi connectivity index (χ1) is 8.85. The van der Waals surface area contributed by atoms with Crippen LogP contribution in [0.15, 0.2) is 6.20 Å². The van der Waals surface area contributed by atoms with Gasteiger partial charge < -0.3 is 14.6 Å². The van der Waals surface area contributed by atoms with Crippen molar-refractivity contribution in [3.63, 3.8) is 0 Å². The molecule has 1 amide bonds. The van der Waals surface area contributed by atoms with E-state index in [0.29, 0.717) is 17.9 Å². The van der Waals surface area contributed by atoms with E-state index in [9.17, 15) is 10.1 Å². The van der Waals surface area contributed by atoms with Crippen molar-refractivity contribution in [3.05, 3.63) is 17.3 Å². The fourth-order valence-corrected chi connectivity index (χ4v) is 1.92. The number of aryl methyl sites for hydroxylation is 1. The zero-order valence-electron chi connectivity index (χ0n) is 12.2. The van der Waals surface area contributed by atoms with E-state index in [-0.39, 0.29) is 17.9 Å². The summed E-state index contributed by atoms with van der Waals surface area (Å²) in [5.74, 6) is 0.296. The van der Waals surface area contributed by atoms with Crippen LogP contribution in [-0.2, 0) is 21.5 Å². The van der Waals surface area contributed by atoms with Crippen LogP contribution in [0, 0.1) is 11.3 Å². The van der Waals surface area contributed by atoms with Gasteiger partial charge in [-0.3, -0.25) is 4.79 Å². The highest BCUT2D eigenvalue weighted by atomic mass is 16.5. The van der Waals surface area contributed by atoms with Gasteiger partial charge in [-0.2, -0.15) is 5.26 Å². The summed E-state index contributed by atoms with van der Waals surface area (Å²) in [7, 11) is 1.46. The average molecular weight is 263 g/mol. The molecule has 0 saturated heterocycles. The summed E-state index contributed by atoms with van der Waals surface area (Å²) in [4.78, 5) is 11.6. The molecule has 104 valence electrons. The van der Waals surface area contributed by atoms with Crippen LogP contribution >= 0.6 is 0 Å². The molecule has 0 saturated carbocycles. The number of nitrogens with one attached hydrogen (secondary N) is 1. The molecule has 0 fully saturated rings. The Labute approximate surface area is 114 Å². The van der Waals surface area contributed by atoms with Crippen LogP contribution in [0.1, 0.15) is 38.8 Å². The third-order valence-corrected chi connectivity index (χ3v) is 2.87. The second-order valence-corrected chi connectivity index (χ2v) is 5.40. The fraction of sp³-hybridized carbons (Fsp3) is 0.571. The van der Waals surface area contributed by atoms with Crippen LogP contribution in [0.4, 0.5) is 5.82 Å². The number of rotatable bonds is 4. The lowest BCUT2D eigenvalue weighted by atomic mass is 9.86. The van der Waals surface area contributed by atoms with E-state index < -0.39 is 0 Å². The number of nitrogens with zero attached hydrogens (tertiary/aromatic N) is 2. The minimum absolute atomic E-state index is 0.0232. The van der Waals surface area contributed by atoms with Gasteiger partial charge in [0, 0.05) is 19.9 Å². The Bertz CT molecular complexity index is 504. The van der Waals surface area contributed by atoms with Crippen LogP contribution in [0.25, 0.3) is 0 Å². The molecule has 1 heterocycles. The Morgan fingerprint density at radius 1 is 1.53 bits per heavy atom. The molecule has 1 rings (SSSR count). The van der Waals surface area contributed by atoms with Gasteiger partial charge in [0.2, 0.25) is 0 Å². The lowest BCUT2D eigenvalue weighted by Crippen LogP contribution is -2.20. The summed E-state index contributed by atoms with van der Waals surface area (Å²) in [5, 5.41) is 12.1. The van der Waals surface area contributed by atoms with Gasteiger partial charge in [-0.25, -0.2) is 0 Å². The topological polar surface area (TPSA) is 67.0 Å². The van der Waals surface area contributed by atoms with E-state index in [0.717, 1.165) is 5.56 Å². The first kappa shape index (κ1) is 15.3. The predicted molar refractivity (Wildman–Crippen MR) is 74.0 cm³/mol. The first-order valence-corrected chi connectivity index (χ1v) is 6.27. The minimum Gasteiger partial charge on any atom is -0.375 e.